The van der Waals surface area contributed by atoms with Gasteiger partial charge in [0.25, 0.3) is 0 Å². The van der Waals surface area contributed by atoms with Gasteiger partial charge in [-0.25, -0.2) is 0 Å². The molecule has 4 aliphatic rings. The Kier molecular flexibility index (Phi) is 5.79. The molecule has 166 valence electrons. The van der Waals surface area contributed by atoms with Gasteiger partial charge in [0.1, 0.15) is 5.78 Å². The lowest BCUT2D eigenvalue weighted by atomic mass is 9.39. The zero-order chi connectivity index (χ0) is 21.0. The van der Waals surface area contributed by atoms with Crippen LogP contribution in [-0.4, -0.2) is 5.78 Å². The summed E-state index contributed by atoms with van der Waals surface area (Å²) in [5.74, 6) is 5.68. The summed E-state index contributed by atoms with van der Waals surface area (Å²) >= 11 is 0. The Balaban J connectivity index is 1.53. The number of hydrogen-bond donors (Lipinski definition) is 0. The Bertz CT molecular complexity index is 622. The molecule has 1 nitrogen and oxygen atoms in total. The summed E-state index contributed by atoms with van der Waals surface area (Å²) in [6.45, 7) is 15.3. The van der Waals surface area contributed by atoms with E-state index in [1.165, 1.54) is 64.2 Å². The van der Waals surface area contributed by atoms with Crippen molar-refractivity contribution in [2.75, 3.05) is 0 Å². The SMILES string of the molecule is CC(C)CCCC(C)[C@H]1CC[C@H]2[C@]3(C)CC[C@H]4CC(=O)CC[C@]4(C)[C@H]3CC[C@@]21C. The molecule has 0 aromatic carbocycles. The highest BCUT2D eigenvalue weighted by Crippen LogP contribution is 2.72. The number of hydrogen-bond acceptors (Lipinski definition) is 1. The topological polar surface area (TPSA) is 17.1 Å². The van der Waals surface area contributed by atoms with Gasteiger partial charge in [-0.2, -0.15) is 0 Å². The zero-order valence-electron chi connectivity index (χ0n) is 20.4. The van der Waals surface area contributed by atoms with Crippen LogP contribution in [-0.2, 0) is 4.79 Å². The number of carbonyl (C=O) groups is 1. The fraction of sp³-hybridized carbons (Fsp3) is 0.964. The summed E-state index contributed by atoms with van der Waals surface area (Å²) in [5, 5.41) is 0. The number of carbonyl (C=O) groups excluding carboxylic acids is 1. The van der Waals surface area contributed by atoms with E-state index in [2.05, 4.69) is 41.5 Å². The second-order valence-electron chi connectivity index (χ2n) is 13.1. The van der Waals surface area contributed by atoms with Gasteiger partial charge in [0.05, 0.1) is 0 Å². The molecule has 0 amide bonds. The van der Waals surface area contributed by atoms with E-state index in [1.807, 2.05) is 0 Å². The van der Waals surface area contributed by atoms with Crippen LogP contribution in [0.5, 0.6) is 0 Å². The van der Waals surface area contributed by atoms with Crippen LogP contribution in [0.2, 0.25) is 0 Å². The van der Waals surface area contributed by atoms with Gasteiger partial charge >= 0.3 is 0 Å². The standard InChI is InChI=1S/C28H48O/c1-19(2)8-7-9-20(3)23-10-11-24-27(23,5)17-14-25-26(4)16-13-22(29)18-21(26)12-15-28(24,25)6/h19-21,23-25H,7-18H2,1-6H3/t20?,21-,23+,24+,25+,26-,27+,28-/m0/s1. The van der Waals surface area contributed by atoms with Gasteiger partial charge in [-0.15, -0.1) is 0 Å². The van der Waals surface area contributed by atoms with E-state index in [4.69, 9.17) is 0 Å². The lowest BCUT2D eigenvalue weighted by Crippen LogP contribution is -2.58. The van der Waals surface area contributed by atoms with E-state index < -0.39 is 0 Å². The molecule has 0 aromatic rings. The highest BCUT2D eigenvalue weighted by atomic mass is 16.1. The summed E-state index contributed by atoms with van der Waals surface area (Å²) in [6, 6.07) is 0. The maximum absolute atomic E-state index is 12.2. The van der Waals surface area contributed by atoms with Crippen LogP contribution in [0.4, 0.5) is 0 Å². The van der Waals surface area contributed by atoms with Crippen LogP contribution in [0.3, 0.4) is 0 Å². The van der Waals surface area contributed by atoms with Gasteiger partial charge < -0.3 is 0 Å². The van der Waals surface area contributed by atoms with E-state index in [9.17, 15) is 4.79 Å². The van der Waals surface area contributed by atoms with Crippen molar-refractivity contribution < 1.29 is 4.79 Å². The van der Waals surface area contributed by atoms with Crippen LogP contribution in [0.1, 0.15) is 119 Å². The van der Waals surface area contributed by atoms with Crippen LogP contribution in [0.25, 0.3) is 0 Å². The third-order valence-corrected chi connectivity index (χ3v) is 11.3. The van der Waals surface area contributed by atoms with Crippen LogP contribution in [0.15, 0.2) is 0 Å². The first kappa shape index (κ1) is 21.9. The quantitative estimate of drug-likeness (QED) is 0.456. The van der Waals surface area contributed by atoms with Crippen molar-refractivity contribution in [3.8, 4) is 0 Å². The minimum atomic E-state index is 0.434. The van der Waals surface area contributed by atoms with Gasteiger partial charge in [0.15, 0.2) is 0 Å². The van der Waals surface area contributed by atoms with Crippen molar-refractivity contribution in [1.29, 1.82) is 0 Å². The Labute approximate surface area is 181 Å². The van der Waals surface area contributed by atoms with Crippen molar-refractivity contribution in [3.05, 3.63) is 0 Å². The summed E-state index contributed by atoms with van der Waals surface area (Å²) < 4.78 is 0. The molecule has 0 spiro atoms. The Morgan fingerprint density at radius 3 is 2.24 bits per heavy atom. The monoisotopic (exact) mass is 400 g/mol. The summed E-state index contributed by atoms with van der Waals surface area (Å²) in [6.07, 6.45) is 15.7. The smallest absolute Gasteiger partial charge is 0.133 e. The normalized spacial score (nSPS) is 48.2. The highest BCUT2D eigenvalue weighted by molar-refractivity contribution is 5.79. The lowest BCUT2D eigenvalue weighted by molar-refractivity contribution is -0.171. The molecular formula is C28H48O. The molecule has 4 rings (SSSR count). The highest BCUT2D eigenvalue weighted by Gasteiger charge is 2.65. The van der Waals surface area contributed by atoms with Crippen LogP contribution in [0, 0.1) is 51.8 Å². The molecule has 1 unspecified atom stereocenters. The maximum Gasteiger partial charge on any atom is 0.133 e. The minimum absolute atomic E-state index is 0.434. The molecule has 0 radical (unpaired) electrons. The van der Waals surface area contributed by atoms with E-state index in [0.717, 1.165) is 42.4 Å². The second-order valence-corrected chi connectivity index (χ2v) is 13.1. The molecule has 29 heavy (non-hydrogen) atoms. The first-order valence-electron chi connectivity index (χ1n) is 13.1. The second kappa shape index (κ2) is 7.67. The molecular weight excluding hydrogens is 352 g/mol. The molecule has 0 N–H and O–H groups in total. The van der Waals surface area contributed by atoms with Crippen LogP contribution >= 0.6 is 0 Å². The summed E-state index contributed by atoms with van der Waals surface area (Å²) in [4.78, 5) is 12.2. The van der Waals surface area contributed by atoms with Crippen LogP contribution < -0.4 is 0 Å². The van der Waals surface area contributed by atoms with Crippen molar-refractivity contribution in [3.63, 3.8) is 0 Å². The molecule has 8 atom stereocenters. The Hall–Kier alpha value is -0.330. The van der Waals surface area contributed by atoms with Crippen molar-refractivity contribution in [1.82, 2.24) is 0 Å². The third-order valence-electron chi connectivity index (χ3n) is 11.3. The van der Waals surface area contributed by atoms with Gasteiger partial charge in [0, 0.05) is 12.8 Å². The van der Waals surface area contributed by atoms with Gasteiger partial charge in [-0.05, 0) is 96.7 Å². The molecule has 0 aliphatic heterocycles. The Morgan fingerprint density at radius 1 is 0.828 bits per heavy atom. The summed E-state index contributed by atoms with van der Waals surface area (Å²) in [5.41, 5.74) is 1.52. The Morgan fingerprint density at radius 2 is 1.52 bits per heavy atom. The van der Waals surface area contributed by atoms with Crippen molar-refractivity contribution in [2.45, 2.75) is 119 Å². The van der Waals surface area contributed by atoms with E-state index in [1.54, 1.807) is 0 Å². The average Bonchev–Trinajstić information content (AvgIpc) is 3.00. The average molecular weight is 401 g/mol. The van der Waals surface area contributed by atoms with E-state index in [-0.39, 0.29) is 0 Å². The van der Waals surface area contributed by atoms with Crippen molar-refractivity contribution in [2.24, 2.45) is 51.8 Å². The van der Waals surface area contributed by atoms with Gasteiger partial charge in [-0.3, -0.25) is 4.79 Å². The van der Waals surface area contributed by atoms with Gasteiger partial charge in [-0.1, -0.05) is 60.8 Å². The maximum atomic E-state index is 12.2. The molecule has 4 fully saturated rings. The molecule has 0 aromatic heterocycles. The van der Waals surface area contributed by atoms with E-state index >= 15 is 0 Å². The van der Waals surface area contributed by atoms with Gasteiger partial charge in [0.2, 0.25) is 0 Å². The predicted octanol–water partition coefficient (Wildman–Crippen LogP) is 8.07. The fourth-order valence-corrected chi connectivity index (χ4v) is 9.75. The molecule has 1 heteroatoms. The lowest BCUT2D eigenvalue weighted by Gasteiger charge is -2.65. The summed E-state index contributed by atoms with van der Waals surface area (Å²) in [7, 11) is 0. The fourth-order valence-electron chi connectivity index (χ4n) is 9.75. The molecule has 0 bridgehead atoms. The first-order valence-corrected chi connectivity index (χ1v) is 13.1. The van der Waals surface area contributed by atoms with Crippen molar-refractivity contribution >= 4 is 5.78 Å². The predicted molar refractivity (Wildman–Crippen MR) is 123 cm³/mol. The zero-order valence-corrected chi connectivity index (χ0v) is 20.4. The molecule has 4 saturated carbocycles. The molecule has 0 saturated heterocycles. The number of fused-ring (bicyclic) bond motifs is 5. The largest absolute Gasteiger partial charge is 0.300 e. The van der Waals surface area contributed by atoms with E-state index in [0.29, 0.717) is 27.9 Å². The number of rotatable bonds is 5. The minimum Gasteiger partial charge on any atom is -0.300 e. The molecule has 4 aliphatic carbocycles. The first-order chi connectivity index (χ1) is 13.6. The molecule has 0 heterocycles. The number of Topliss-reactive ketones (excluding diaryl/α,β-unsaturated/α-hetero) is 1. The third kappa shape index (κ3) is 3.45. The number of ketones is 1.